The number of rotatable bonds is 6. The van der Waals surface area contributed by atoms with Gasteiger partial charge in [0.2, 0.25) is 11.7 Å². The number of hydrogen-bond acceptors (Lipinski definition) is 7. The molecule has 0 aliphatic heterocycles. The first-order chi connectivity index (χ1) is 13.1. The Morgan fingerprint density at radius 1 is 1.33 bits per heavy atom. The van der Waals surface area contributed by atoms with E-state index in [1.807, 2.05) is 20.8 Å². The SMILES string of the molecule is CCC(CC)C(=O)Nc1sc(-c2nc(-c3ccncc3)no2)c(C)c1C#N. The summed E-state index contributed by atoms with van der Waals surface area (Å²) in [5, 5.41) is 17.0. The Kier molecular flexibility index (Phi) is 5.62. The van der Waals surface area contributed by atoms with Crippen LogP contribution in [0.25, 0.3) is 22.2 Å². The largest absolute Gasteiger partial charge is 0.333 e. The standard InChI is InChI=1S/C19H19N5O2S/c1-4-12(5-2)17(25)23-19-14(10-20)11(3)15(27-19)18-22-16(24-26-18)13-6-8-21-9-7-13/h6-9,12H,4-5H2,1-3H3,(H,23,25). The minimum atomic E-state index is -0.0795. The van der Waals surface area contributed by atoms with E-state index in [-0.39, 0.29) is 11.8 Å². The Labute approximate surface area is 161 Å². The number of carbonyl (C=O) groups is 1. The lowest BCUT2D eigenvalue weighted by atomic mass is 10.0. The van der Waals surface area contributed by atoms with E-state index in [4.69, 9.17) is 4.52 Å². The van der Waals surface area contributed by atoms with Crippen LogP contribution in [0.4, 0.5) is 5.00 Å². The fourth-order valence-corrected chi connectivity index (χ4v) is 3.83. The summed E-state index contributed by atoms with van der Waals surface area (Å²) < 4.78 is 5.40. The molecule has 0 aromatic carbocycles. The van der Waals surface area contributed by atoms with Gasteiger partial charge in [0.15, 0.2) is 0 Å². The molecule has 0 atom stereocenters. The van der Waals surface area contributed by atoms with Gasteiger partial charge in [-0.05, 0) is 37.5 Å². The predicted molar refractivity (Wildman–Crippen MR) is 103 cm³/mol. The molecule has 138 valence electrons. The van der Waals surface area contributed by atoms with Crippen LogP contribution in [0.3, 0.4) is 0 Å². The van der Waals surface area contributed by atoms with Gasteiger partial charge < -0.3 is 9.84 Å². The molecule has 8 heteroatoms. The molecule has 0 unspecified atom stereocenters. The molecule has 0 saturated carbocycles. The van der Waals surface area contributed by atoms with Crippen LogP contribution in [0, 0.1) is 24.2 Å². The minimum Gasteiger partial charge on any atom is -0.333 e. The van der Waals surface area contributed by atoms with Crippen molar-refractivity contribution in [3.8, 4) is 28.2 Å². The Morgan fingerprint density at radius 2 is 2.04 bits per heavy atom. The molecule has 3 rings (SSSR count). The van der Waals surface area contributed by atoms with E-state index < -0.39 is 0 Å². The maximum absolute atomic E-state index is 12.4. The minimum absolute atomic E-state index is 0.0766. The number of nitriles is 1. The lowest BCUT2D eigenvalue weighted by Crippen LogP contribution is -2.21. The summed E-state index contributed by atoms with van der Waals surface area (Å²) in [5.74, 6) is 0.613. The van der Waals surface area contributed by atoms with Crippen LogP contribution in [-0.4, -0.2) is 21.0 Å². The number of thiophene rings is 1. The molecule has 3 aromatic rings. The molecule has 3 heterocycles. The van der Waals surface area contributed by atoms with Crippen LogP contribution in [-0.2, 0) is 4.79 Å². The average Bonchev–Trinajstić information content (AvgIpc) is 3.28. The number of amides is 1. The van der Waals surface area contributed by atoms with Crippen LogP contribution in [0.15, 0.2) is 29.0 Å². The Morgan fingerprint density at radius 3 is 2.67 bits per heavy atom. The van der Waals surface area contributed by atoms with Gasteiger partial charge in [0.1, 0.15) is 11.1 Å². The average molecular weight is 381 g/mol. The van der Waals surface area contributed by atoms with Gasteiger partial charge in [-0.3, -0.25) is 9.78 Å². The number of nitrogens with one attached hydrogen (secondary N) is 1. The normalized spacial score (nSPS) is 10.8. The molecule has 7 nitrogen and oxygen atoms in total. The van der Waals surface area contributed by atoms with Crippen molar-refractivity contribution in [3.05, 3.63) is 35.7 Å². The smallest absolute Gasteiger partial charge is 0.268 e. The van der Waals surface area contributed by atoms with Gasteiger partial charge in [-0.25, -0.2) is 0 Å². The van der Waals surface area contributed by atoms with E-state index in [1.54, 1.807) is 24.5 Å². The van der Waals surface area contributed by atoms with Crippen molar-refractivity contribution in [2.75, 3.05) is 5.32 Å². The number of aromatic nitrogens is 3. The number of pyridine rings is 1. The van der Waals surface area contributed by atoms with Crippen molar-refractivity contribution in [3.63, 3.8) is 0 Å². The van der Waals surface area contributed by atoms with E-state index in [2.05, 4.69) is 26.5 Å². The van der Waals surface area contributed by atoms with Gasteiger partial charge in [0, 0.05) is 23.9 Å². The predicted octanol–water partition coefficient (Wildman–Crippen LogP) is 4.41. The van der Waals surface area contributed by atoms with Crippen molar-refractivity contribution >= 4 is 22.2 Å². The Bertz CT molecular complexity index is 983. The highest BCUT2D eigenvalue weighted by atomic mass is 32.1. The van der Waals surface area contributed by atoms with E-state index in [9.17, 15) is 10.1 Å². The lowest BCUT2D eigenvalue weighted by molar-refractivity contribution is -0.120. The van der Waals surface area contributed by atoms with Crippen LogP contribution in [0.5, 0.6) is 0 Å². The van der Waals surface area contributed by atoms with E-state index in [1.165, 1.54) is 11.3 Å². The summed E-state index contributed by atoms with van der Waals surface area (Å²) >= 11 is 1.28. The topological polar surface area (TPSA) is 105 Å². The lowest BCUT2D eigenvalue weighted by Gasteiger charge is -2.11. The van der Waals surface area contributed by atoms with Gasteiger partial charge in [-0.2, -0.15) is 10.2 Å². The van der Waals surface area contributed by atoms with E-state index in [0.717, 1.165) is 18.4 Å². The summed E-state index contributed by atoms with van der Waals surface area (Å²) in [6.45, 7) is 5.76. The molecule has 0 bridgehead atoms. The Balaban J connectivity index is 1.94. The molecule has 27 heavy (non-hydrogen) atoms. The number of nitrogens with zero attached hydrogens (tertiary/aromatic N) is 4. The molecular formula is C19H19N5O2S. The first kappa shape index (κ1) is 18.7. The monoisotopic (exact) mass is 381 g/mol. The highest BCUT2D eigenvalue weighted by molar-refractivity contribution is 7.20. The first-order valence-corrected chi connectivity index (χ1v) is 9.49. The third-order valence-electron chi connectivity index (χ3n) is 4.41. The van der Waals surface area contributed by atoms with Crippen molar-refractivity contribution < 1.29 is 9.32 Å². The third-order valence-corrected chi connectivity index (χ3v) is 5.61. The summed E-state index contributed by atoms with van der Waals surface area (Å²) in [5.41, 5.74) is 1.93. The van der Waals surface area contributed by atoms with Crippen molar-refractivity contribution in [2.45, 2.75) is 33.6 Å². The van der Waals surface area contributed by atoms with Crippen molar-refractivity contribution in [2.24, 2.45) is 5.92 Å². The maximum Gasteiger partial charge on any atom is 0.268 e. The second-order valence-electron chi connectivity index (χ2n) is 6.03. The molecule has 0 aliphatic carbocycles. The van der Waals surface area contributed by atoms with Crippen LogP contribution in [0.2, 0.25) is 0 Å². The molecule has 1 amide bonds. The zero-order chi connectivity index (χ0) is 19.4. The number of hydrogen-bond donors (Lipinski definition) is 1. The van der Waals surface area contributed by atoms with Gasteiger partial charge in [0.05, 0.1) is 10.4 Å². The first-order valence-electron chi connectivity index (χ1n) is 8.67. The summed E-state index contributed by atoms with van der Waals surface area (Å²) in [6, 6.07) is 5.75. The summed E-state index contributed by atoms with van der Waals surface area (Å²) in [7, 11) is 0. The third kappa shape index (κ3) is 3.73. The van der Waals surface area contributed by atoms with Gasteiger partial charge in [0.25, 0.3) is 5.89 Å². The second-order valence-corrected chi connectivity index (χ2v) is 7.05. The number of anilines is 1. The second kappa shape index (κ2) is 8.10. The fraction of sp³-hybridized carbons (Fsp3) is 0.316. The van der Waals surface area contributed by atoms with Gasteiger partial charge >= 0.3 is 0 Å². The van der Waals surface area contributed by atoms with E-state index >= 15 is 0 Å². The molecule has 0 aliphatic rings. The zero-order valence-corrected chi connectivity index (χ0v) is 16.1. The Hall–Kier alpha value is -3.05. The molecule has 0 radical (unpaired) electrons. The molecular weight excluding hydrogens is 362 g/mol. The van der Waals surface area contributed by atoms with E-state index in [0.29, 0.717) is 32.7 Å². The summed E-state index contributed by atoms with van der Waals surface area (Å²) in [4.78, 5) is 21.5. The highest BCUT2D eigenvalue weighted by Crippen LogP contribution is 2.39. The van der Waals surface area contributed by atoms with Crippen molar-refractivity contribution in [1.29, 1.82) is 5.26 Å². The molecule has 1 N–H and O–H groups in total. The van der Waals surface area contributed by atoms with Gasteiger partial charge in [-0.1, -0.05) is 19.0 Å². The maximum atomic E-state index is 12.4. The quantitative estimate of drug-likeness (QED) is 0.678. The molecule has 0 saturated heterocycles. The molecule has 0 spiro atoms. The van der Waals surface area contributed by atoms with Gasteiger partial charge in [-0.15, -0.1) is 11.3 Å². The van der Waals surface area contributed by atoms with Crippen molar-refractivity contribution in [1.82, 2.24) is 15.1 Å². The zero-order valence-electron chi connectivity index (χ0n) is 15.3. The van der Waals surface area contributed by atoms with Crippen LogP contribution >= 0.6 is 11.3 Å². The highest BCUT2D eigenvalue weighted by Gasteiger charge is 2.23. The van der Waals surface area contributed by atoms with Crippen LogP contribution < -0.4 is 5.32 Å². The summed E-state index contributed by atoms with van der Waals surface area (Å²) in [6.07, 6.45) is 4.81. The molecule has 0 fully saturated rings. The fourth-order valence-electron chi connectivity index (χ4n) is 2.75. The number of carbonyl (C=O) groups excluding carboxylic acids is 1. The van der Waals surface area contributed by atoms with Crippen LogP contribution in [0.1, 0.15) is 37.8 Å². The molecule has 3 aromatic heterocycles.